The molecule has 0 bridgehead atoms. The molecule has 0 aliphatic rings. The summed E-state index contributed by atoms with van der Waals surface area (Å²) in [4.78, 5) is 12.8. The van der Waals surface area contributed by atoms with Crippen LogP contribution in [0.3, 0.4) is 0 Å². The topological polar surface area (TPSA) is 77.5 Å². The molecular formula is C13H15F3N2O3. The molecule has 0 spiro atoms. The van der Waals surface area contributed by atoms with E-state index in [9.17, 15) is 23.1 Å². The predicted molar refractivity (Wildman–Crippen MR) is 65.9 cm³/mol. The standard InChI is InChI=1S/C13H15F3N2O3/c1-9-4-5-10(21-9)12(20,13(14,15)16)8-11(19)18(2)7-3-6-17/h4-5,20H,3,7-8H2,1-2H3. The summed E-state index contributed by atoms with van der Waals surface area (Å²) in [6.45, 7) is 1.42. The summed E-state index contributed by atoms with van der Waals surface area (Å²) in [5.41, 5.74) is -3.39. The van der Waals surface area contributed by atoms with Crippen LogP contribution in [0.2, 0.25) is 0 Å². The first-order chi connectivity index (χ1) is 9.61. The molecule has 5 nitrogen and oxygen atoms in total. The first-order valence-electron chi connectivity index (χ1n) is 6.08. The van der Waals surface area contributed by atoms with Crippen molar-refractivity contribution in [3.05, 3.63) is 23.7 Å². The number of amides is 1. The molecule has 0 aliphatic carbocycles. The van der Waals surface area contributed by atoms with Crippen molar-refractivity contribution >= 4 is 5.91 Å². The van der Waals surface area contributed by atoms with Gasteiger partial charge >= 0.3 is 6.18 Å². The highest BCUT2D eigenvalue weighted by Gasteiger charge is 2.58. The Morgan fingerprint density at radius 3 is 2.52 bits per heavy atom. The molecule has 1 atom stereocenters. The lowest BCUT2D eigenvalue weighted by Gasteiger charge is -2.29. The molecule has 0 saturated carbocycles. The number of hydrogen-bond donors (Lipinski definition) is 1. The van der Waals surface area contributed by atoms with Crippen molar-refractivity contribution in [2.45, 2.75) is 31.5 Å². The largest absolute Gasteiger partial charge is 0.463 e. The fourth-order valence-electron chi connectivity index (χ4n) is 1.68. The van der Waals surface area contributed by atoms with Gasteiger partial charge in [0.05, 0.1) is 18.9 Å². The van der Waals surface area contributed by atoms with Gasteiger partial charge in [-0.3, -0.25) is 4.79 Å². The van der Waals surface area contributed by atoms with Gasteiger partial charge < -0.3 is 14.4 Å². The van der Waals surface area contributed by atoms with E-state index in [0.29, 0.717) is 0 Å². The van der Waals surface area contributed by atoms with Crippen LogP contribution in [-0.4, -0.2) is 35.7 Å². The number of alkyl halides is 3. The summed E-state index contributed by atoms with van der Waals surface area (Å²) in [5, 5.41) is 18.4. The molecule has 1 rings (SSSR count). The van der Waals surface area contributed by atoms with Gasteiger partial charge in [-0.2, -0.15) is 18.4 Å². The molecule has 1 amide bonds. The van der Waals surface area contributed by atoms with E-state index in [1.807, 2.05) is 0 Å². The average molecular weight is 304 g/mol. The van der Waals surface area contributed by atoms with Gasteiger partial charge in [0, 0.05) is 13.6 Å². The molecule has 1 aromatic heterocycles. The zero-order valence-electron chi connectivity index (χ0n) is 11.6. The highest BCUT2D eigenvalue weighted by Crippen LogP contribution is 2.42. The number of rotatable bonds is 5. The molecule has 116 valence electrons. The monoisotopic (exact) mass is 304 g/mol. The van der Waals surface area contributed by atoms with E-state index >= 15 is 0 Å². The summed E-state index contributed by atoms with van der Waals surface area (Å²) in [6, 6.07) is 4.05. The van der Waals surface area contributed by atoms with Crippen LogP contribution >= 0.6 is 0 Å². The van der Waals surface area contributed by atoms with E-state index < -0.39 is 29.9 Å². The minimum Gasteiger partial charge on any atom is -0.463 e. The van der Waals surface area contributed by atoms with Crippen LogP contribution in [0, 0.1) is 18.3 Å². The highest BCUT2D eigenvalue weighted by atomic mass is 19.4. The maximum Gasteiger partial charge on any atom is 0.425 e. The Morgan fingerprint density at radius 2 is 2.10 bits per heavy atom. The van der Waals surface area contributed by atoms with E-state index in [-0.39, 0.29) is 18.7 Å². The molecule has 1 heterocycles. The van der Waals surface area contributed by atoms with Crippen LogP contribution < -0.4 is 0 Å². The maximum atomic E-state index is 13.1. The second-order valence-corrected chi connectivity index (χ2v) is 4.67. The smallest absolute Gasteiger partial charge is 0.425 e. The van der Waals surface area contributed by atoms with Gasteiger partial charge in [-0.05, 0) is 19.1 Å². The number of hydrogen-bond acceptors (Lipinski definition) is 4. The minimum atomic E-state index is -5.07. The third-order valence-corrected chi connectivity index (χ3v) is 3.01. The molecule has 0 saturated heterocycles. The Kier molecular flexibility index (Phi) is 5.01. The van der Waals surface area contributed by atoms with Gasteiger partial charge in [0.2, 0.25) is 11.5 Å². The molecule has 0 aliphatic heterocycles. The average Bonchev–Trinajstić information content (AvgIpc) is 2.81. The molecule has 0 radical (unpaired) electrons. The molecular weight excluding hydrogens is 289 g/mol. The number of furan rings is 1. The molecule has 1 N–H and O–H groups in total. The van der Waals surface area contributed by atoms with Crippen LogP contribution in [0.25, 0.3) is 0 Å². The van der Waals surface area contributed by atoms with Crippen LogP contribution in [0.5, 0.6) is 0 Å². The van der Waals surface area contributed by atoms with E-state index in [0.717, 1.165) is 11.0 Å². The van der Waals surface area contributed by atoms with Crippen molar-refractivity contribution in [3.63, 3.8) is 0 Å². The summed E-state index contributed by atoms with van der Waals surface area (Å²) in [6.07, 6.45) is -6.28. The number of carbonyl (C=O) groups excluding carboxylic acids is 1. The van der Waals surface area contributed by atoms with Crippen molar-refractivity contribution in [2.75, 3.05) is 13.6 Å². The van der Waals surface area contributed by atoms with Crippen molar-refractivity contribution in [3.8, 4) is 6.07 Å². The second-order valence-electron chi connectivity index (χ2n) is 4.67. The van der Waals surface area contributed by atoms with E-state index in [4.69, 9.17) is 9.68 Å². The Labute approximate surface area is 119 Å². The fourth-order valence-corrected chi connectivity index (χ4v) is 1.68. The number of carbonyl (C=O) groups is 1. The number of nitriles is 1. The number of nitrogens with zero attached hydrogens (tertiary/aromatic N) is 2. The number of aliphatic hydroxyl groups is 1. The Hall–Kier alpha value is -2.01. The molecule has 8 heteroatoms. The third kappa shape index (κ3) is 3.76. The lowest BCUT2D eigenvalue weighted by atomic mass is 9.95. The first kappa shape index (κ1) is 17.0. The summed E-state index contributed by atoms with van der Waals surface area (Å²) >= 11 is 0. The molecule has 21 heavy (non-hydrogen) atoms. The van der Waals surface area contributed by atoms with E-state index in [2.05, 4.69) is 0 Å². The zero-order valence-corrected chi connectivity index (χ0v) is 11.6. The summed E-state index contributed by atoms with van der Waals surface area (Å²) in [5.74, 6) is -1.47. The van der Waals surface area contributed by atoms with Gasteiger partial charge in [-0.25, -0.2) is 0 Å². The highest BCUT2D eigenvalue weighted by molar-refractivity contribution is 5.77. The Morgan fingerprint density at radius 1 is 1.48 bits per heavy atom. The molecule has 0 aromatic carbocycles. The van der Waals surface area contributed by atoms with Gasteiger partial charge in [0.25, 0.3) is 0 Å². The third-order valence-electron chi connectivity index (χ3n) is 3.01. The second kappa shape index (κ2) is 6.18. The van der Waals surface area contributed by atoms with Gasteiger partial charge in [0.1, 0.15) is 11.5 Å². The van der Waals surface area contributed by atoms with Gasteiger partial charge in [-0.15, -0.1) is 0 Å². The van der Waals surface area contributed by atoms with Crippen LogP contribution in [-0.2, 0) is 10.4 Å². The first-order valence-corrected chi connectivity index (χ1v) is 6.08. The summed E-state index contributed by atoms with van der Waals surface area (Å²) < 4.78 is 44.3. The van der Waals surface area contributed by atoms with Crippen molar-refractivity contribution < 1.29 is 27.5 Å². The predicted octanol–water partition coefficient (Wildman–Crippen LogP) is 2.10. The van der Waals surface area contributed by atoms with Crippen molar-refractivity contribution in [1.82, 2.24) is 4.90 Å². The Bertz CT molecular complexity index is 548. The lowest BCUT2D eigenvalue weighted by molar-refractivity contribution is -0.274. The SMILES string of the molecule is Cc1ccc(C(O)(CC(=O)N(C)CCC#N)C(F)(F)F)o1. The molecule has 1 unspecified atom stereocenters. The van der Waals surface area contributed by atoms with E-state index in [1.165, 1.54) is 20.0 Å². The van der Waals surface area contributed by atoms with Gasteiger partial charge in [0.15, 0.2) is 0 Å². The van der Waals surface area contributed by atoms with Crippen LogP contribution in [0.1, 0.15) is 24.4 Å². The lowest BCUT2D eigenvalue weighted by Crippen LogP contribution is -2.46. The zero-order chi connectivity index (χ0) is 16.3. The van der Waals surface area contributed by atoms with Crippen LogP contribution in [0.4, 0.5) is 13.2 Å². The number of halogens is 3. The molecule has 0 fully saturated rings. The fraction of sp³-hybridized carbons (Fsp3) is 0.538. The van der Waals surface area contributed by atoms with Gasteiger partial charge in [-0.1, -0.05) is 0 Å². The normalized spacial score (nSPS) is 14.3. The van der Waals surface area contributed by atoms with Crippen LogP contribution in [0.15, 0.2) is 16.5 Å². The number of aryl methyl sites for hydroxylation is 1. The van der Waals surface area contributed by atoms with Crippen molar-refractivity contribution in [2.24, 2.45) is 0 Å². The van der Waals surface area contributed by atoms with Crippen molar-refractivity contribution in [1.29, 1.82) is 5.26 Å². The maximum absolute atomic E-state index is 13.1. The summed E-state index contributed by atoms with van der Waals surface area (Å²) in [7, 11) is 1.27. The minimum absolute atomic E-state index is 0.00739. The quantitative estimate of drug-likeness (QED) is 0.903. The molecule has 1 aromatic rings. The van der Waals surface area contributed by atoms with E-state index in [1.54, 1.807) is 6.07 Å². The Balaban J connectivity index is 3.01.